The zero-order valence-electron chi connectivity index (χ0n) is 8.09. The Labute approximate surface area is 79.5 Å². The summed E-state index contributed by atoms with van der Waals surface area (Å²) in [6.07, 6.45) is 3.90. The molecule has 0 saturated carbocycles. The van der Waals surface area contributed by atoms with Crippen LogP contribution in [0.4, 0.5) is 0 Å². The number of hydrogen-bond acceptors (Lipinski definition) is 3. The van der Waals surface area contributed by atoms with Gasteiger partial charge in [-0.25, -0.2) is 0 Å². The van der Waals surface area contributed by atoms with Gasteiger partial charge in [0.2, 0.25) is 0 Å². The predicted molar refractivity (Wildman–Crippen MR) is 51.7 cm³/mol. The zero-order valence-corrected chi connectivity index (χ0v) is 8.09. The van der Waals surface area contributed by atoms with E-state index in [1.807, 2.05) is 0 Å². The molecule has 2 aliphatic heterocycles. The van der Waals surface area contributed by atoms with Gasteiger partial charge in [0.1, 0.15) is 5.78 Å². The van der Waals surface area contributed by atoms with E-state index in [2.05, 4.69) is 10.2 Å². The summed E-state index contributed by atoms with van der Waals surface area (Å²) in [4.78, 5) is 13.7. The van der Waals surface area contributed by atoms with Crippen molar-refractivity contribution in [1.82, 2.24) is 10.2 Å². The number of carbonyl (C=O) groups is 1. The highest BCUT2D eigenvalue weighted by Gasteiger charge is 2.24. The number of ketones is 1. The lowest BCUT2D eigenvalue weighted by molar-refractivity contribution is -0.118. The topological polar surface area (TPSA) is 32.3 Å². The molecule has 0 amide bonds. The van der Waals surface area contributed by atoms with Crippen molar-refractivity contribution in [3.05, 3.63) is 0 Å². The average molecular weight is 182 g/mol. The van der Waals surface area contributed by atoms with Gasteiger partial charge in [0.15, 0.2) is 0 Å². The Morgan fingerprint density at radius 3 is 3.00 bits per heavy atom. The van der Waals surface area contributed by atoms with E-state index in [1.54, 1.807) is 0 Å². The fourth-order valence-corrected chi connectivity index (χ4v) is 2.30. The van der Waals surface area contributed by atoms with Crippen molar-refractivity contribution in [3.8, 4) is 0 Å². The van der Waals surface area contributed by atoms with Crippen LogP contribution in [-0.2, 0) is 4.79 Å². The van der Waals surface area contributed by atoms with Crippen LogP contribution in [0.15, 0.2) is 0 Å². The normalized spacial score (nSPS) is 32.0. The van der Waals surface area contributed by atoms with Crippen LogP contribution in [0.1, 0.15) is 25.7 Å². The summed E-state index contributed by atoms with van der Waals surface area (Å²) in [6, 6.07) is 0.700. The van der Waals surface area contributed by atoms with Crippen molar-refractivity contribution in [2.75, 3.05) is 26.2 Å². The summed E-state index contributed by atoms with van der Waals surface area (Å²) in [6.45, 7) is 4.38. The van der Waals surface area contributed by atoms with Crippen molar-refractivity contribution in [2.24, 2.45) is 0 Å². The maximum atomic E-state index is 11.2. The van der Waals surface area contributed by atoms with Crippen LogP contribution in [0, 0.1) is 0 Å². The van der Waals surface area contributed by atoms with Gasteiger partial charge in [0.25, 0.3) is 0 Å². The first-order valence-electron chi connectivity index (χ1n) is 5.33. The molecule has 3 heteroatoms. The van der Waals surface area contributed by atoms with Gasteiger partial charge in [-0.3, -0.25) is 9.69 Å². The molecule has 13 heavy (non-hydrogen) atoms. The Kier molecular flexibility index (Phi) is 2.96. The molecule has 0 aromatic carbocycles. The maximum absolute atomic E-state index is 11.2. The summed E-state index contributed by atoms with van der Waals surface area (Å²) < 4.78 is 0. The molecule has 0 aromatic rings. The Balaban J connectivity index is 1.87. The summed E-state index contributed by atoms with van der Waals surface area (Å²) in [5.41, 5.74) is 0. The van der Waals surface area contributed by atoms with Crippen LogP contribution >= 0.6 is 0 Å². The average Bonchev–Trinajstić information content (AvgIpc) is 2.56. The quantitative estimate of drug-likeness (QED) is 0.637. The first-order chi connectivity index (χ1) is 6.36. The van der Waals surface area contributed by atoms with Crippen LogP contribution in [0.5, 0.6) is 0 Å². The van der Waals surface area contributed by atoms with Crippen LogP contribution < -0.4 is 5.32 Å². The molecule has 2 aliphatic rings. The van der Waals surface area contributed by atoms with Gasteiger partial charge < -0.3 is 5.32 Å². The molecule has 74 valence electrons. The lowest BCUT2D eigenvalue weighted by Gasteiger charge is -2.25. The number of likely N-dealkylation sites (tertiary alicyclic amines) is 1. The minimum Gasteiger partial charge on any atom is -0.315 e. The third-order valence-electron chi connectivity index (χ3n) is 3.13. The van der Waals surface area contributed by atoms with Crippen molar-refractivity contribution in [3.63, 3.8) is 0 Å². The van der Waals surface area contributed by atoms with E-state index in [9.17, 15) is 4.79 Å². The molecule has 0 bridgehead atoms. The SMILES string of the molecule is O=C1CCCN(C2CCNC2)CC1. The third-order valence-corrected chi connectivity index (χ3v) is 3.13. The molecule has 0 radical (unpaired) electrons. The molecule has 1 N–H and O–H groups in total. The molecule has 0 spiro atoms. The Bertz CT molecular complexity index is 187. The molecule has 2 saturated heterocycles. The molecule has 2 heterocycles. The first-order valence-corrected chi connectivity index (χ1v) is 5.33. The third kappa shape index (κ3) is 2.29. The van der Waals surface area contributed by atoms with Crippen LogP contribution in [0.2, 0.25) is 0 Å². The second-order valence-electron chi connectivity index (χ2n) is 4.07. The van der Waals surface area contributed by atoms with Crippen LogP contribution in [0.3, 0.4) is 0 Å². The standard InChI is InChI=1S/C10H18N2O/c13-10-2-1-6-12(7-4-10)9-3-5-11-8-9/h9,11H,1-8H2. The smallest absolute Gasteiger partial charge is 0.134 e. The molecule has 3 nitrogen and oxygen atoms in total. The minimum absolute atomic E-state index is 0.452. The highest BCUT2D eigenvalue weighted by atomic mass is 16.1. The Morgan fingerprint density at radius 2 is 2.23 bits per heavy atom. The van der Waals surface area contributed by atoms with E-state index in [4.69, 9.17) is 0 Å². The summed E-state index contributed by atoms with van der Waals surface area (Å²) in [5.74, 6) is 0.452. The van der Waals surface area contributed by atoms with E-state index in [-0.39, 0.29) is 0 Å². The molecule has 0 aromatic heterocycles. The number of rotatable bonds is 1. The molecule has 2 rings (SSSR count). The summed E-state index contributed by atoms with van der Waals surface area (Å²) >= 11 is 0. The largest absolute Gasteiger partial charge is 0.315 e. The second-order valence-corrected chi connectivity index (χ2v) is 4.07. The van der Waals surface area contributed by atoms with Gasteiger partial charge in [0, 0.05) is 32.0 Å². The molecular weight excluding hydrogens is 164 g/mol. The van der Waals surface area contributed by atoms with E-state index >= 15 is 0 Å². The first kappa shape index (κ1) is 9.16. The molecular formula is C10H18N2O. The highest BCUT2D eigenvalue weighted by Crippen LogP contribution is 2.14. The Morgan fingerprint density at radius 1 is 1.31 bits per heavy atom. The van der Waals surface area contributed by atoms with Gasteiger partial charge in [-0.15, -0.1) is 0 Å². The maximum Gasteiger partial charge on any atom is 0.134 e. The van der Waals surface area contributed by atoms with E-state index in [1.165, 1.54) is 6.42 Å². The number of nitrogens with one attached hydrogen (secondary N) is 1. The van der Waals surface area contributed by atoms with Crippen molar-refractivity contribution in [2.45, 2.75) is 31.7 Å². The van der Waals surface area contributed by atoms with Gasteiger partial charge in [-0.05, 0) is 25.9 Å². The van der Waals surface area contributed by atoms with Gasteiger partial charge in [-0.2, -0.15) is 0 Å². The molecule has 1 atom stereocenters. The Hall–Kier alpha value is -0.410. The number of Topliss-reactive ketones (excluding diaryl/α,β-unsaturated/α-hetero) is 1. The second kappa shape index (κ2) is 4.20. The zero-order chi connectivity index (χ0) is 9.10. The van der Waals surface area contributed by atoms with Crippen LogP contribution in [-0.4, -0.2) is 42.9 Å². The molecule has 2 fully saturated rings. The van der Waals surface area contributed by atoms with Crippen LogP contribution in [0.25, 0.3) is 0 Å². The van der Waals surface area contributed by atoms with Gasteiger partial charge in [-0.1, -0.05) is 0 Å². The highest BCUT2D eigenvalue weighted by molar-refractivity contribution is 5.78. The number of hydrogen-bond donors (Lipinski definition) is 1. The summed E-state index contributed by atoms with van der Waals surface area (Å²) in [7, 11) is 0. The van der Waals surface area contributed by atoms with E-state index < -0.39 is 0 Å². The van der Waals surface area contributed by atoms with Crippen molar-refractivity contribution in [1.29, 1.82) is 0 Å². The van der Waals surface area contributed by atoms with Crippen molar-refractivity contribution < 1.29 is 4.79 Å². The van der Waals surface area contributed by atoms with Crippen molar-refractivity contribution >= 4 is 5.78 Å². The fourth-order valence-electron chi connectivity index (χ4n) is 2.30. The van der Waals surface area contributed by atoms with Gasteiger partial charge in [0.05, 0.1) is 0 Å². The minimum atomic E-state index is 0.452. The van der Waals surface area contributed by atoms with E-state index in [0.29, 0.717) is 11.8 Å². The molecule has 1 unspecified atom stereocenters. The lowest BCUT2D eigenvalue weighted by atomic mass is 10.2. The lowest BCUT2D eigenvalue weighted by Crippen LogP contribution is -2.37. The number of carbonyl (C=O) groups excluding carboxylic acids is 1. The monoisotopic (exact) mass is 182 g/mol. The fraction of sp³-hybridized carbons (Fsp3) is 0.900. The van der Waals surface area contributed by atoms with E-state index in [0.717, 1.165) is 45.4 Å². The van der Waals surface area contributed by atoms with Gasteiger partial charge >= 0.3 is 0 Å². The summed E-state index contributed by atoms with van der Waals surface area (Å²) in [5, 5.41) is 3.37. The predicted octanol–water partition coefficient (Wildman–Crippen LogP) is 0.403. The molecule has 0 aliphatic carbocycles. The number of nitrogens with zero attached hydrogens (tertiary/aromatic N) is 1.